The minimum atomic E-state index is 0.638. The molecule has 0 aliphatic rings. The molecule has 1 N–H and O–H groups in total. The lowest BCUT2D eigenvalue weighted by molar-refractivity contribution is 0.415. The zero-order valence-corrected chi connectivity index (χ0v) is 14.0. The molecular formula is C21H21NO2. The van der Waals surface area contributed by atoms with Gasteiger partial charge in [0.2, 0.25) is 0 Å². The van der Waals surface area contributed by atoms with Gasteiger partial charge in [-0.25, -0.2) is 0 Å². The van der Waals surface area contributed by atoms with E-state index in [1.165, 1.54) is 5.56 Å². The van der Waals surface area contributed by atoms with Crippen LogP contribution in [-0.4, -0.2) is 7.11 Å². The van der Waals surface area contributed by atoms with Crippen molar-refractivity contribution < 1.29 is 9.15 Å². The quantitative estimate of drug-likeness (QED) is 0.672. The lowest BCUT2D eigenvalue weighted by Gasteiger charge is -2.15. The molecule has 3 heteroatoms. The smallest absolute Gasteiger partial charge is 0.122 e. The van der Waals surface area contributed by atoms with E-state index >= 15 is 0 Å². The van der Waals surface area contributed by atoms with Crippen LogP contribution in [0.3, 0.4) is 0 Å². The maximum Gasteiger partial charge on any atom is 0.122 e. The van der Waals surface area contributed by atoms with Crippen molar-refractivity contribution in [1.82, 2.24) is 0 Å². The molecule has 1 heterocycles. The second-order valence-electron chi connectivity index (χ2n) is 5.69. The monoisotopic (exact) mass is 319 g/mol. The van der Waals surface area contributed by atoms with Gasteiger partial charge in [0.1, 0.15) is 11.5 Å². The van der Waals surface area contributed by atoms with Crippen LogP contribution in [0.4, 0.5) is 5.69 Å². The van der Waals surface area contributed by atoms with Crippen molar-refractivity contribution in [3.63, 3.8) is 0 Å². The number of hydrogen-bond acceptors (Lipinski definition) is 3. The summed E-state index contributed by atoms with van der Waals surface area (Å²) in [5.41, 5.74) is 5.37. The highest BCUT2D eigenvalue weighted by Crippen LogP contribution is 2.30. The first kappa shape index (κ1) is 15.9. The molecule has 122 valence electrons. The Balaban J connectivity index is 1.86. The third kappa shape index (κ3) is 3.51. The van der Waals surface area contributed by atoms with E-state index in [0.29, 0.717) is 6.54 Å². The van der Waals surface area contributed by atoms with Crippen molar-refractivity contribution in [2.45, 2.75) is 13.5 Å². The molecule has 0 radical (unpaired) electrons. The molecule has 0 aliphatic carbocycles. The summed E-state index contributed by atoms with van der Waals surface area (Å²) < 4.78 is 10.6. The van der Waals surface area contributed by atoms with Gasteiger partial charge in [-0.15, -0.1) is 0 Å². The predicted molar refractivity (Wildman–Crippen MR) is 98.3 cm³/mol. The summed E-state index contributed by atoms with van der Waals surface area (Å²) in [6.07, 6.45) is 1.68. The first-order valence-corrected chi connectivity index (χ1v) is 7.88. The standard InChI is InChI=1S/C21H21NO2/c1-15-6-11-20(16(2)17-7-9-18(23-3)10-8-17)21(13-15)22-14-19-5-4-12-24-19/h4-13,22H,2,14H2,1,3H3. The van der Waals surface area contributed by atoms with Gasteiger partial charge in [0.25, 0.3) is 0 Å². The highest BCUT2D eigenvalue weighted by molar-refractivity contribution is 5.85. The van der Waals surface area contributed by atoms with Crippen LogP contribution in [0.25, 0.3) is 5.57 Å². The van der Waals surface area contributed by atoms with Gasteiger partial charge in [-0.2, -0.15) is 0 Å². The van der Waals surface area contributed by atoms with Crippen molar-refractivity contribution in [3.05, 3.63) is 89.9 Å². The Kier molecular flexibility index (Phi) is 4.71. The van der Waals surface area contributed by atoms with Gasteiger partial charge in [-0.1, -0.05) is 30.8 Å². The number of furan rings is 1. The Morgan fingerprint density at radius 2 is 1.92 bits per heavy atom. The van der Waals surface area contributed by atoms with Crippen LogP contribution in [0.15, 0.2) is 71.9 Å². The summed E-state index contributed by atoms with van der Waals surface area (Å²) in [7, 11) is 1.67. The van der Waals surface area contributed by atoms with E-state index in [9.17, 15) is 0 Å². The summed E-state index contributed by atoms with van der Waals surface area (Å²) in [4.78, 5) is 0. The molecule has 2 aromatic carbocycles. The van der Waals surface area contributed by atoms with Gasteiger partial charge < -0.3 is 14.5 Å². The Labute approximate surface area is 142 Å². The molecule has 0 unspecified atom stereocenters. The molecule has 3 aromatic rings. The topological polar surface area (TPSA) is 34.4 Å². The number of ether oxygens (including phenoxy) is 1. The van der Waals surface area contributed by atoms with Gasteiger partial charge in [0.15, 0.2) is 0 Å². The van der Waals surface area contributed by atoms with E-state index in [0.717, 1.165) is 33.9 Å². The molecule has 0 amide bonds. The fourth-order valence-electron chi connectivity index (χ4n) is 2.61. The van der Waals surface area contributed by atoms with E-state index < -0.39 is 0 Å². The zero-order valence-electron chi connectivity index (χ0n) is 14.0. The molecule has 0 bridgehead atoms. The molecule has 1 aromatic heterocycles. The lowest BCUT2D eigenvalue weighted by Crippen LogP contribution is -2.02. The van der Waals surface area contributed by atoms with Crippen LogP contribution < -0.4 is 10.1 Å². The molecular weight excluding hydrogens is 298 g/mol. The van der Waals surface area contributed by atoms with Gasteiger partial charge in [0, 0.05) is 11.3 Å². The number of rotatable bonds is 6. The highest BCUT2D eigenvalue weighted by Gasteiger charge is 2.09. The van der Waals surface area contributed by atoms with Gasteiger partial charge in [-0.05, 0) is 54.0 Å². The number of aryl methyl sites for hydroxylation is 1. The van der Waals surface area contributed by atoms with Gasteiger partial charge >= 0.3 is 0 Å². The number of methoxy groups -OCH3 is 1. The van der Waals surface area contributed by atoms with E-state index in [1.54, 1.807) is 13.4 Å². The predicted octanol–water partition coefficient (Wildman–Crippen LogP) is 5.27. The second kappa shape index (κ2) is 7.09. The molecule has 0 saturated carbocycles. The maximum absolute atomic E-state index is 5.40. The molecule has 0 atom stereocenters. The third-order valence-corrected chi connectivity index (χ3v) is 3.97. The highest BCUT2D eigenvalue weighted by atomic mass is 16.5. The van der Waals surface area contributed by atoms with Gasteiger partial charge in [0.05, 0.1) is 19.9 Å². The van der Waals surface area contributed by atoms with E-state index in [1.807, 2.05) is 36.4 Å². The molecule has 0 aliphatic heterocycles. The fourth-order valence-corrected chi connectivity index (χ4v) is 2.61. The van der Waals surface area contributed by atoms with Crippen LogP contribution in [-0.2, 0) is 6.54 Å². The molecule has 0 spiro atoms. The Morgan fingerprint density at radius 3 is 2.58 bits per heavy atom. The van der Waals surface area contributed by atoms with Crippen molar-refractivity contribution in [2.24, 2.45) is 0 Å². The Hall–Kier alpha value is -2.94. The minimum Gasteiger partial charge on any atom is -0.497 e. The van der Waals surface area contributed by atoms with Crippen molar-refractivity contribution in [3.8, 4) is 5.75 Å². The number of benzene rings is 2. The Bertz CT molecular complexity index is 818. The average Bonchev–Trinajstić information content (AvgIpc) is 3.13. The molecule has 3 nitrogen and oxygen atoms in total. The maximum atomic E-state index is 5.40. The summed E-state index contributed by atoms with van der Waals surface area (Å²) >= 11 is 0. The number of anilines is 1. The summed E-state index contributed by atoms with van der Waals surface area (Å²) in [6.45, 7) is 7.00. The second-order valence-corrected chi connectivity index (χ2v) is 5.69. The van der Waals surface area contributed by atoms with Crippen LogP contribution in [0.2, 0.25) is 0 Å². The fraction of sp³-hybridized carbons (Fsp3) is 0.143. The van der Waals surface area contributed by atoms with Crippen LogP contribution >= 0.6 is 0 Å². The number of nitrogens with one attached hydrogen (secondary N) is 1. The first-order chi connectivity index (χ1) is 11.7. The van der Waals surface area contributed by atoms with Crippen LogP contribution in [0.1, 0.15) is 22.5 Å². The summed E-state index contributed by atoms with van der Waals surface area (Å²) in [5.74, 6) is 1.74. The molecule has 0 fully saturated rings. The largest absolute Gasteiger partial charge is 0.497 e. The SMILES string of the molecule is C=C(c1ccc(OC)cc1)c1ccc(C)cc1NCc1ccco1. The summed E-state index contributed by atoms with van der Waals surface area (Å²) in [5, 5.41) is 3.45. The molecule has 24 heavy (non-hydrogen) atoms. The third-order valence-electron chi connectivity index (χ3n) is 3.97. The minimum absolute atomic E-state index is 0.638. The van der Waals surface area contributed by atoms with Crippen LogP contribution in [0, 0.1) is 6.92 Å². The first-order valence-electron chi connectivity index (χ1n) is 7.88. The normalized spacial score (nSPS) is 10.4. The zero-order chi connectivity index (χ0) is 16.9. The average molecular weight is 319 g/mol. The van der Waals surface area contributed by atoms with Gasteiger partial charge in [-0.3, -0.25) is 0 Å². The lowest BCUT2D eigenvalue weighted by atomic mass is 9.96. The van der Waals surface area contributed by atoms with Crippen molar-refractivity contribution in [2.75, 3.05) is 12.4 Å². The van der Waals surface area contributed by atoms with Crippen molar-refractivity contribution >= 4 is 11.3 Å². The van der Waals surface area contributed by atoms with E-state index in [2.05, 4.69) is 37.0 Å². The Morgan fingerprint density at radius 1 is 1.12 bits per heavy atom. The van der Waals surface area contributed by atoms with Crippen LogP contribution in [0.5, 0.6) is 5.75 Å². The molecule has 0 saturated heterocycles. The summed E-state index contributed by atoms with van der Waals surface area (Å²) in [6, 6.07) is 18.1. The number of hydrogen-bond donors (Lipinski definition) is 1. The van der Waals surface area contributed by atoms with E-state index in [-0.39, 0.29) is 0 Å². The molecule has 3 rings (SSSR count). The van der Waals surface area contributed by atoms with Crippen molar-refractivity contribution in [1.29, 1.82) is 0 Å². The van der Waals surface area contributed by atoms with E-state index in [4.69, 9.17) is 9.15 Å².